The zero-order chi connectivity index (χ0) is 17.5. The minimum absolute atomic E-state index is 0.0957. The highest BCUT2D eigenvalue weighted by molar-refractivity contribution is 5.83. The molecule has 5 heteroatoms. The number of aromatic amines is 1. The lowest BCUT2D eigenvalue weighted by molar-refractivity contribution is -0.143. The van der Waals surface area contributed by atoms with Gasteiger partial charge in [0.2, 0.25) is 5.91 Å². The molecule has 5 nitrogen and oxygen atoms in total. The van der Waals surface area contributed by atoms with Gasteiger partial charge in [-0.05, 0) is 30.0 Å². The molecule has 0 saturated carbocycles. The number of carbonyl (C=O) groups excluding carboxylic acids is 1. The Morgan fingerprint density at radius 2 is 1.88 bits per heavy atom. The van der Waals surface area contributed by atoms with Gasteiger partial charge < -0.3 is 15.4 Å². The van der Waals surface area contributed by atoms with Crippen LogP contribution < -0.4 is 5.32 Å². The summed E-state index contributed by atoms with van der Waals surface area (Å²) in [6.07, 6.45) is 1.51. The fraction of sp³-hybridized carbons (Fsp3) is 0.368. The van der Waals surface area contributed by atoms with E-state index in [4.69, 9.17) is 0 Å². The second-order valence-electron chi connectivity index (χ2n) is 6.03. The molecule has 0 aliphatic rings. The Bertz CT molecular complexity index is 679. The van der Waals surface area contributed by atoms with Gasteiger partial charge in [0.15, 0.2) is 0 Å². The van der Waals surface area contributed by atoms with Crippen molar-refractivity contribution in [1.29, 1.82) is 0 Å². The number of benzene rings is 1. The first kappa shape index (κ1) is 17.8. The predicted molar refractivity (Wildman–Crippen MR) is 93.6 cm³/mol. The third-order valence-electron chi connectivity index (χ3n) is 4.25. The summed E-state index contributed by atoms with van der Waals surface area (Å²) in [6, 6.07) is 13.1. The van der Waals surface area contributed by atoms with Gasteiger partial charge in [-0.3, -0.25) is 4.79 Å². The van der Waals surface area contributed by atoms with Crippen molar-refractivity contribution in [2.24, 2.45) is 5.92 Å². The molecule has 0 saturated heterocycles. The lowest BCUT2D eigenvalue weighted by atomic mass is 9.99. The Kier molecular flexibility index (Phi) is 6.18. The molecule has 0 aliphatic heterocycles. The van der Waals surface area contributed by atoms with Crippen molar-refractivity contribution < 1.29 is 14.7 Å². The van der Waals surface area contributed by atoms with Gasteiger partial charge >= 0.3 is 5.97 Å². The minimum Gasteiger partial charge on any atom is -0.480 e. The van der Waals surface area contributed by atoms with Crippen molar-refractivity contribution in [2.75, 3.05) is 0 Å². The molecule has 1 heterocycles. The molecule has 0 aliphatic carbocycles. The number of aryl methyl sites for hydroxylation is 1. The summed E-state index contributed by atoms with van der Waals surface area (Å²) in [7, 11) is 0. The lowest BCUT2D eigenvalue weighted by Crippen LogP contribution is -2.45. The molecule has 1 amide bonds. The fourth-order valence-electron chi connectivity index (χ4n) is 2.55. The van der Waals surface area contributed by atoms with E-state index < -0.39 is 12.0 Å². The van der Waals surface area contributed by atoms with E-state index in [0.717, 1.165) is 17.0 Å². The topological polar surface area (TPSA) is 82.2 Å². The summed E-state index contributed by atoms with van der Waals surface area (Å²) in [5, 5.41) is 11.8. The Balaban J connectivity index is 1.90. The summed E-state index contributed by atoms with van der Waals surface area (Å²) in [5.41, 5.74) is 3.06. The van der Waals surface area contributed by atoms with Gasteiger partial charge in [-0.25, -0.2) is 4.79 Å². The van der Waals surface area contributed by atoms with Crippen molar-refractivity contribution in [3.8, 4) is 11.3 Å². The number of rotatable bonds is 8. The highest BCUT2D eigenvalue weighted by Crippen LogP contribution is 2.18. The van der Waals surface area contributed by atoms with E-state index in [1.54, 1.807) is 0 Å². The zero-order valence-electron chi connectivity index (χ0n) is 14.1. The van der Waals surface area contributed by atoms with Crippen molar-refractivity contribution in [1.82, 2.24) is 10.3 Å². The van der Waals surface area contributed by atoms with Crippen LogP contribution in [0.5, 0.6) is 0 Å². The van der Waals surface area contributed by atoms with E-state index in [9.17, 15) is 14.7 Å². The van der Waals surface area contributed by atoms with Crippen LogP contribution in [0.3, 0.4) is 0 Å². The van der Waals surface area contributed by atoms with Crippen molar-refractivity contribution >= 4 is 11.9 Å². The van der Waals surface area contributed by atoms with Gasteiger partial charge in [-0.15, -0.1) is 0 Å². The minimum atomic E-state index is -0.982. The summed E-state index contributed by atoms with van der Waals surface area (Å²) in [4.78, 5) is 26.6. The Labute approximate surface area is 142 Å². The third-order valence-corrected chi connectivity index (χ3v) is 4.25. The molecule has 2 atom stereocenters. The molecule has 0 radical (unpaired) electrons. The second kappa shape index (κ2) is 8.34. The predicted octanol–water partition coefficient (Wildman–Crippen LogP) is 3.23. The van der Waals surface area contributed by atoms with Gasteiger partial charge in [0.1, 0.15) is 6.04 Å². The molecule has 0 spiro atoms. The van der Waals surface area contributed by atoms with E-state index >= 15 is 0 Å². The van der Waals surface area contributed by atoms with Gasteiger partial charge in [0, 0.05) is 17.8 Å². The molecule has 3 N–H and O–H groups in total. The molecule has 24 heavy (non-hydrogen) atoms. The van der Waals surface area contributed by atoms with E-state index in [-0.39, 0.29) is 18.2 Å². The lowest BCUT2D eigenvalue weighted by Gasteiger charge is -2.20. The Hall–Kier alpha value is -2.56. The number of H-pyrrole nitrogens is 1. The van der Waals surface area contributed by atoms with Gasteiger partial charge in [-0.1, -0.05) is 50.6 Å². The van der Waals surface area contributed by atoms with Crippen molar-refractivity contribution in [2.45, 2.75) is 39.2 Å². The summed E-state index contributed by atoms with van der Waals surface area (Å²) in [5.74, 6) is -1.32. The first-order chi connectivity index (χ1) is 11.5. The average Bonchev–Trinajstić information content (AvgIpc) is 3.06. The maximum atomic E-state index is 12.0. The highest BCUT2D eigenvalue weighted by atomic mass is 16.4. The van der Waals surface area contributed by atoms with Gasteiger partial charge in [0.05, 0.1) is 0 Å². The molecule has 1 aromatic heterocycles. The first-order valence-electron chi connectivity index (χ1n) is 8.26. The standard InChI is InChI=1S/C19H24N2O3/c1-3-13(2)18(19(23)24)21-17(22)12-10-15-9-11-16(20-15)14-7-5-4-6-8-14/h4-9,11,13,18,20H,3,10,12H2,1-2H3,(H,21,22)(H,23,24)/t13-,18-/m0/s1. The number of carboxylic acids is 1. The van der Waals surface area contributed by atoms with Crippen LogP contribution in [0.2, 0.25) is 0 Å². The first-order valence-corrected chi connectivity index (χ1v) is 8.26. The Morgan fingerprint density at radius 1 is 1.17 bits per heavy atom. The maximum absolute atomic E-state index is 12.0. The molecular formula is C19H24N2O3. The largest absolute Gasteiger partial charge is 0.480 e. The van der Waals surface area contributed by atoms with Crippen molar-refractivity contribution in [3.05, 3.63) is 48.2 Å². The SMILES string of the molecule is CC[C@H](C)[C@H](NC(=O)CCc1ccc(-c2ccccc2)[nH]1)C(=O)O. The number of carboxylic acid groups (broad SMARTS) is 1. The number of aromatic nitrogens is 1. The summed E-state index contributed by atoms with van der Waals surface area (Å²) in [6.45, 7) is 3.74. The van der Waals surface area contributed by atoms with E-state index in [2.05, 4.69) is 10.3 Å². The van der Waals surface area contributed by atoms with Crippen LogP contribution in [0.15, 0.2) is 42.5 Å². The van der Waals surface area contributed by atoms with E-state index in [0.29, 0.717) is 12.8 Å². The number of hydrogen-bond donors (Lipinski definition) is 3. The highest BCUT2D eigenvalue weighted by Gasteiger charge is 2.24. The van der Waals surface area contributed by atoms with Crippen LogP contribution in [0.4, 0.5) is 0 Å². The van der Waals surface area contributed by atoms with Crippen LogP contribution in [0, 0.1) is 5.92 Å². The van der Waals surface area contributed by atoms with Gasteiger partial charge in [0.25, 0.3) is 0 Å². The summed E-state index contributed by atoms with van der Waals surface area (Å²) < 4.78 is 0. The third kappa shape index (κ3) is 4.72. The van der Waals surface area contributed by atoms with E-state index in [1.165, 1.54) is 0 Å². The van der Waals surface area contributed by atoms with Crippen LogP contribution in [-0.2, 0) is 16.0 Å². The zero-order valence-corrected chi connectivity index (χ0v) is 14.1. The van der Waals surface area contributed by atoms with Crippen molar-refractivity contribution in [3.63, 3.8) is 0 Å². The molecular weight excluding hydrogens is 304 g/mol. The smallest absolute Gasteiger partial charge is 0.326 e. The van der Waals surface area contributed by atoms with E-state index in [1.807, 2.05) is 56.3 Å². The Morgan fingerprint density at radius 3 is 2.50 bits per heavy atom. The molecule has 0 unspecified atom stereocenters. The fourth-order valence-corrected chi connectivity index (χ4v) is 2.55. The number of amides is 1. The van der Waals surface area contributed by atoms with Crippen LogP contribution in [0.25, 0.3) is 11.3 Å². The van der Waals surface area contributed by atoms with Crippen LogP contribution in [-0.4, -0.2) is 28.0 Å². The molecule has 2 aromatic rings. The molecule has 2 rings (SSSR count). The number of aliphatic carboxylic acids is 1. The normalized spacial score (nSPS) is 13.2. The number of nitrogens with one attached hydrogen (secondary N) is 2. The number of carbonyl (C=O) groups is 2. The van der Waals surface area contributed by atoms with Gasteiger partial charge in [-0.2, -0.15) is 0 Å². The summed E-state index contributed by atoms with van der Waals surface area (Å²) >= 11 is 0. The molecule has 1 aromatic carbocycles. The molecule has 0 fully saturated rings. The second-order valence-corrected chi connectivity index (χ2v) is 6.03. The molecule has 0 bridgehead atoms. The van der Waals surface area contributed by atoms with Crippen LogP contribution in [0.1, 0.15) is 32.4 Å². The number of hydrogen-bond acceptors (Lipinski definition) is 2. The maximum Gasteiger partial charge on any atom is 0.326 e. The monoisotopic (exact) mass is 328 g/mol. The average molecular weight is 328 g/mol. The van der Waals surface area contributed by atoms with Crippen LogP contribution >= 0.6 is 0 Å². The quantitative estimate of drug-likeness (QED) is 0.696. The molecule has 128 valence electrons.